The van der Waals surface area contributed by atoms with Crippen molar-refractivity contribution in [1.82, 2.24) is 0 Å². The summed E-state index contributed by atoms with van der Waals surface area (Å²) in [4.78, 5) is 0. The Morgan fingerprint density at radius 3 is 2.00 bits per heavy atom. The van der Waals surface area contributed by atoms with E-state index >= 15 is 0 Å². The molecule has 60 valence electrons. The summed E-state index contributed by atoms with van der Waals surface area (Å²) in [5, 5.41) is 0. The van der Waals surface area contributed by atoms with Crippen LogP contribution in [0.4, 0.5) is 0 Å². The van der Waals surface area contributed by atoms with Crippen molar-refractivity contribution in [3.63, 3.8) is 0 Å². The lowest BCUT2D eigenvalue weighted by Gasteiger charge is -2.39. The Balaban J connectivity index is 2.31. The maximum Gasteiger partial charge on any atom is 0.00699 e. The molecule has 0 amide bonds. The summed E-state index contributed by atoms with van der Waals surface area (Å²) in [5.41, 5.74) is 5.87. The lowest BCUT2D eigenvalue weighted by molar-refractivity contribution is 0.158. The van der Waals surface area contributed by atoms with Crippen LogP contribution in [0.15, 0.2) is 0 Å². The van der Waals surface area contributed by atoms with Crippen LogP contribution < -0.4 is 5.73 Å². The molecule has 1 heteroatoms. The summed E-state index contributed by atoms with van der Waals surface area (Å²) in [5.74, 6) is 1.76. The van der Waals surface area contributed by atoms with E-state index in [0.29, 0.717) is 6.04 Å². The van der Waals surface area contributed by atoms with Gasteiger partial charge in [0.2, 0.25) is 0 Å². The fourth-order valence-electron chi connectivity index (χ4n) is 2.03. The zero-order valence-corrected chi connectivity index (χ0v) is 7.14. The quantitative estimate of drug-likeness (QED) is 0.640. The molecular formula is C9H19N. The molecule has 0 bridgehead atoms. The van der Waals surface area contributed by atoms with E-state index in [9.17, 15) is 0 Å². The molecule has 2 N–H and O–H groups in total. The molecule has 1 saturated carbocycles. The molecule has 0 aromatic carbocycles. The normalized spacial score (nSPS) is 32.4. The molecule has 1 aliphatic rings. The van der Waals surface area contributed by atoms with Gasteiger partial charge in [0.1, 0.15) is 0 Å². The molecular weight excluding hydrogens is 122 g/mol. The van der Waals surface area contributed by atoms with Crippen molar-refractivity contribution < 1.29 is 0 Å². The minimum atomic E-state index is 0.532. The average Bonchev–Trinajstić information content (AvgIpc) is 1.96. The largest absolute Gasteiger partial charge is 0.327 e. The average molecular weight is 141 g/mol. The minimum absolute atomic E-state index is 0.532. The molecule has 1 fully saturated rings. The number of hydrogen-bond acceptors (Lipinski definition) is 1. The maximum atomic E-state index is 5.87. The van der Waals surface area contributed by atoms with Crippen molar-refractivity contribution in [3.8, 4) is 0 Å². The Hall–Kier alpha value is -0.0400. The van der Waals surface area contributed by atoms with Gasteiger partial charge in [-0.15, -0.1) is 0 Å². The van der Waals surface area contributed by atoms with Crippen LogP contribution in [0.1, 0.15) is 39.5 Å². The first-order valence-electron chi connectivity index (χ1n) is 4.55. The molecule has 0 radical (unpaired) electrons. The highest BCUT2D eigenvalue weighted by Gasteiger charge is 2.32. The van der Waals surface area contributed by atoms with Crippen molar-refractivity contribution in [3.05, 3.63) is 0 Å². The summed E-state index contributed by atoms with van der Waals surface area (Å²) in [6, 6.07) is 0.532. The molecule has 0 aliphatic heterocycles. The molecule has 2 atom stereocenters. The third-order valence-corrected chi connectivity index (χ3v) is 3.04. The second-order valence-corrected chi connectivity index (χ2v) is 3.48. The van der Waals surface area contributed by atoms with Crippen molar-refractivity contribution in [2.24, 2.45) is 17.6 Å². The molecule has 0 heterocycles. The zero-order chi connectivity index (χ0) is 7.56. The topological polar surface area (TPSA) is 26.0 Å². The highest BCUT2D eigenvalue weighted by molar-refractivity contribution is 4.87. The SMILES string of the molecule is CCC(CC)C1CCC1N. The van der Waals surface area contributed by atoms with E-state index in [-0.39, 0.29) is 0 Å². The van der Waals surface area contributed by atoms with Gasteiger partial charge in [0.25, 0.3) is 0 Å². The Morgan fingerprint density at radius 1 is 1.30 bits per heavy atom. The van der Waals surface area contributed by atoms with E-state index in [1.54, 1.807) is 0 Å². The molecule has 0 aromatic heterocycles. The highest BCUT2D eigenvalue weighted by atomic mass is 14.7. The second kappa shape index (κ2) is 3.38. The molecule has 0 aromatic rings. The van der Waals surface area contributed by atoms with Gasteiger partial charge >= 0.3 is 0 Å². The van der Waals surface area contributed by atoms with Crippen LogP contribution in [0, 0.1) is 11.8 Å². The fraction of sp³-hybridized carbons (Fsp3) is 1.00. The molecule has 1 rings (SSSR count). The monoisotopic (exact) mass is 141 g/mol. The van der Waals surface area contributed by atoms with Gasteiger partial charge in [-0.05, 0) is 24.7 Å². The summed E-state index contributed by atoms with van der Waals surface area (Å²) < 4.78 is 0. The molecule has 0 saturated heterocycles. The molecule has 0 spiro atoms. The van der Waals surface area contributed by atoms with Gasteiger partial charge in [-0.3, -0.25) is 0 Å². The Bertz CT molecular complexity index is 94.1. The smallest absolute Gasteiger partial charge is 0.00699 e. The van der Waals surface area contributed by atoms with Gasteiger partial charge < -0.3 is 5.73 Å². The Kier molecular flexibility index (Phi) is 2.72. The van der Waals surface area contributed by atoms with Crippen LogP contribution >= 0.6 is 0 Å². The summed E-state index contributed by atoms with van der Waals surface area (Å²) in [6.45, 7) is 4.55. The van der Waals surface area contributed by atoms with Gasteiger partial charge in [-0.25, -0.2) is 0 Å². The van der Waals surface area contributed by atoms with E-state index in [2.05, 4.69) is 13.8 Å². The van der Waals surface area contributed by atoms with E-state index in [0.717, 1.165) is 11.8 Å². The first-order chi connectivity index (χ1) is 4.79. The van der Waals surface area contributed by atoms with E-state index in [1.165, 1.54) is 25.7 Å². The highest BCUT2D eigenvalue weighted by Crippen LogP contribution is 2.35. The summed E-state index contributed by atoms with van der Waals surface area (Å²) in [6.07, 6.45) is 5.28. The number of rotatable bonds is 3. The lowest BCUT2D eigenvalue weighted by atomic mass is 9.70. The standard InChI is InChI=1S/C9H19N/c1-3-7(4-2)8-5-6-9(8)10/h7-9H,3-6,10H2,1-2H3. The van der Waals surface area contributed by atoms with Crippen LogP contribution in [0.5, 0.6) is 0 Å². The molecule has 1 aliphatic carbocycles. The summed E-state index contributed by atoms with van der Waals surface area (Å²) in [7, 11) is 0. The van der Waals surface area contributed by atoms with Crippen molar-refractivity contribution in [2.75, 3.05) is 0 Å². The van der Waals surface area contributed by atoms with Crippen LogP contribution in [-0.2, 0) is 0 Å². The van der Waals surface area contributed by atoms with Crippen molar-refractivity contribution in [1.29, 1.82) is 0 Å². The molecule has 1 nitrogen and oxygen atoms in total. The number of nitrogens with two attached hydrogens (primary N) is 1. The Morgan fingerprint density at radius 2 is 1.90 bits per heavy atom. The predicted molar refractivity (Wildman–Crippen MR) is 44.8 cm³/mol. The molecule has 2 unspecified atom stereocenters. The van der Waals surface area contributed by atoms with Crippen LogP contribution in [0.2, 0.25) is 0 Å². The third kappa shape index (κ3) is 1.34. The van der Waals surface area contributed by atoms with Crippen molar-refractivity contribution >= 4 is 0 Å². The van der Waals surface area contributed by atoms with E-state index < -0.39 is 0 Å². The summed E-state index contributed by atoms with van der Waals surface area (Å²) >= 11 is 0. The van der Waals surface area contributed by atoms with Gasteiger partial charge in [0.05, 0.1) is 0 Å². The first kappa shape index (κ1) is 8.06. The predicted octanol–water partition coefficient (Wildman–Crippen LogP) is 2.16. The van der Waals surface area contributed by atoms with Crippen molar-refractivity contribution in [2.45, 2.75) is 45.6 Å². The maximum absolute atomic E-state index is 5.87. The third-order valence-electron chi connectivity index (χ3n) is 3.04. The van der Waals surface area contributed by atoms with Crippen LogP contribution in [-0.4, -0.2) is 6.04 Å². The minimum Gasteiger partial charge on any atom is -0.327 e. The number of hydrogen-bond donors (Lipinski definition) is 1. The van der Waals surface area contributed by atoms with Gasteiger partial charge in [-0.2, -0.15) is 0 Å². The second-order valence-electron chi connectivity index (χ2n) is 3.48. The zero-order valence-electron chi connectivity index (χ0n) is 7.14. The van der Waals surface area contributed by atoms with Crippen LogP contribution in [0.3, 0.4) is 0 Å². The molecule has 10 heavy (non-hydrogen) atoms. The van der Waals surface area contributed by atoms with Gasteiger partial charge in [-0.1, -0.05) is 26.7 Å². The van der Waals surface area contributed by atoms with E-state index in [1.807, 2.05) is 0 Å². The van der Waals surface area contributed by atoms with Gasteiger partial charge in [0, 0.05) is 6.04 Å². The first-order valence-corrected chi connectivity index (χ1v) is 4.55. The lowest BCUT2D eigenvalue weighted by Crippen LogP contribution is -2.43. The Labute approximate surface area is 64.0 Å². The van der Waals surface area contributed by atoms with Crippen LogP contribution in [0.25, 0.3) is 0 Å². The van der Waals surface area contributed by atoms with E-state index in [4.69, 9.17) is 5.73 Å². The van der Waals surface area contributed by atoms with Gasteiger partial charge in [0.15, 0.2) is 0 Å². The fourth-order valence-corrected chi connectivity index (χ4v) is 2.03.